The highest BCUT2D eigenvalue weighted by molar-refractivity contribution is 5.75. The minimum absolute atomic E-state index is 0.00499. The average molecular weight is 263 g/mol. The molecule has 19 heavy (non-hydrogen) atoms. The highest BCUT2D eigenvalue weighted by Gasteiger charge is 2.14. The van der Waals surface area contributed by atoms with Gasteiger partial charge in [0.05, 0.1) is 0 Å². The Bertz CT molecular complexity index is 433. The Labute approximate surface area is 116 Å². The van der Waals surface area contributed by atoms with Crippen LogP contribution in [-0.2, 0) is 16.8 Å². The Balaban J connectivity index is 2.70. The summed E-state index contributed by atoms with van der Waals surface area (Å²) < 4.78 is 0. The highest BCUT2D eigenvalue weighted by atomic mass is 16.3. The fraction of sp³-hybridized carbons (Fsp3) is 0.562. The van der Waals surface area contributed by atoms with E-state index < -0.39 is 0 Å². The van der Waals surface area contributed by atoms with Gasteiger partial charge in [-0.25, -0.2) is 0 Å². The van der Waals surface area contributed by atoms with Crippen molar-refractivity contribution in [2.24, 2.45) is 0 Å². The minimum atomic E-state index is -0.00499. The third-order valence-corrected chi connectivity index (χ3v) is 3.25. The second-order valence-electron chi connectivity index (χ2n) is 6.00. The van der Waals surface area contributed by atoms with Crippen molar-refractivity contribution in [1.82, 2.24) is 5.32 Å². The van der Waals surface area contributed by atoms with Gasteiger partial charge < -0.3 is 10.4 Å². The molecule has 0 aliphatic carbocycles. The van der Waals surface area contributed by atoms with Crippen LogP contribution >= 0.6 is 0 Å². The summed E-state index contributed by atoms with van der Waals surface area (Å²) in [5.74, 6) is -0.00499. The predicted molar refractivity (Wildman–Crippen MR) is 78.0 cm³/mol. The molecule has 1 aromatic rings. The minimum Gasteiger partial charge on any atom is -0.396 e. The van der Waals surface area contributed by atoms with Gasteiger partial charge in [-0.1, -0.05) is 39.0 Å². The molecule has 2 N–H and O–H groups in total. The van der Waals surface area contributed by atoms with Gasteiger partial charge >= 0.3 is 0 Å². The van der Waals surface area contributed by atoms with Gasteiger partial charge in [-0.3, -0.25) is 4.79 Å². The SMILES string of the molecule is Cc1ccc(C(C)(C)C)cc1CNC(=O)CCCO. The quantitative estimate of drug-likeness (QED) is 0.858. The fourth-order valence-electron chi connectivity index (χ4n) is 1.85. The first kappa shape index (κ1) is 15.7. The van der Waals surface area contributed by atoms with E-state index in [-0.39, 0.29) is 17.9 Å². The number of rotatable bonds is 5. The van der Waals surface area contributed by atoms with Crippen LogP contribution in [0.2, 0.25) is 0 Å². The van der Waals surface area contributed by atoms with Crippen LogP contribution in [0.3, 0.4) is 0 Å². The lowest BCUT2D eigenvalue weighted by molar-refractivity contribution is -0.121. The molecule has 0 bridgehead atoms. The third-order valence-electron chi connectivity index (χ3n) is 3.25. The van der Waals surface area contributed by atoms with E-state index in [1.165, 1.54) is 11.1 Å². The first-order valence-corrected chi connectivity index (χ1v) is 6.82. The van der Waals surface area contributed by atoms with Crippen molar-refractivity contribution in [3.8, 4) is 0 Å². The van der Waals surface area contributed by atoms with Gasteiger partial charge in [0.15, 0.2) is 0 Å². The largest absolute Gasteiger partial charge is 0.396 e. The summed E-state index contributed by atoms with van der Waals surface area (Å²) in [4.78, 5) is 11.5. The first-order chi connectivity index (χ1) is 8.84. The van der Waals surface area contributed by atoms with Crippen LogP contribution in [0, 0.1) is 6.92 Å². The summed E-state index contributed by atoms with van der Waals surface area (Å²) in [6.45, 7) is 9.22. The van der Waals surface area contributed by atoms with Crippen molar-refractivity contribution in [2.75, 3.05) is 6.61 Å². The molecule has 0 unspecified atom stereocenters. The maximum atomic E-state index is 11.5. The van der Waals surface area contributed by atoms with E-state index in [1.807, 2.05) is 0 Å². The summed E-state index contributed by atoms with van der Waals surface area (Å²) in [6.07, 6.45) is 0.904. The van der Waals surface area contributed by atoms with Gasteiger partial charge in [0.1, 0.15) is 0 Å². The fourth-order valence-corrected chi connectivity index (χ4v) is 1.85. The van der Waals surface area contributed by atoms with Crippen LogP contribution in [0.5, 0.6) is 0 Å². The van der Waals surface area contributed by atoms with Crippen LogP contribution in [0.1, 0.15) is 50.3 Å². The van der Waals surface area contributed by atoms with Crippen LogP contribution in [0.15, 0.2) is 18.2 Å². The second-order valence-corrected chi connectivity index (χ2v) is 6.00. The molecule has 0 fully saturated rings. The zero-order valence-electron chi connectivity index (χ0n) is 12.4. The van der Waals surface area contributed by atoms with Gasteiger partial charge in [-0.2, -0.15) is 0 Å². The maximum absolute atomic E-state index is 11.5. The van der Waals surface area contributed by atoms with Gasteiger partial charge in [-0.05, 0) is 35.4 Å². The van der Waals surface area contributed by atoms with Crippen LogP contribution in [0.4, 0.5) is 0 Å². The summed E-state index contributed by atoms with van der Waals surface area (Å²) in [5.41, 5.74) is 3.74. The van der Waals surface area contributed by atoms with Crippen molar-refractivity contribution >= 4 is 5.91 Å². The Morgan fingerprint density at radius 2 is 2.00 bits per heavy atom. The number of carbonyl (C=O) groups excluding carboxylic acids is 1. The predicted octanol–water partition coefficient (Wildman–Crippen LogP) is 2.68. The van der Waals surface area contributed by atoms with E-state index in [0.29, 0.717) is 19.4 Å². The van der Waals surface area contributed by atoms with Crippen molar-refractivity contribution in [3.63, 3.8) is 0 Å². The molecule has 0 aliphatic heterocycles. The number of aryl methyl sites for hydroxylation is 1. The first-order valence-electron chi connectivity index (χ1n) is 6.82. The van der Waals surface area contributed by atoms with Crippen molar-refractivity contribution < 1.29 is 9.90 Å². The molecule has 1 aromatic carbocycles. The maximum Gasteiger partial charge on any atom is 0.220 e. The Hall–Kier alpha value is -1.35. The van der Waals surface area contributed by atoms with E-state index in [0.717, 1.165) is 5.56 Å². The molecule has 0 radical (unpaired) electrons. The molecule has 3 nitrogen and oxygen atoms in total. The molecule has 1 amide bonds. The van der Waals surface area contributed by atoms with E-state index >= 15 is 0 Å². The molecular formula is C16H25NO2. The molecule has 0 aromatic heterocycles. The van der Waals surface area contributed by atoms with E-state index in [1.54, 1.807) is 0 Å². The van der Waals surface area contributed by atoms with Crippen molar-refractivity contribution in [2.45, 2.75) is 52.5 Å². The normalized spacial score (nSPS) is 11.4. The van der Waals surface area contributed by atoms with Gasteiger partial charge in [0.25, 0.3) is 0 Å². The van der Waals surface area contributed by atoms with Gasteiger partial charge in [0.2, 0.25) is 5.91 Å². The monoisotopic (exact) mass is 263 g/mol. The van der Waals surface area contributed by atoms with Crippen molar-refractivity contribution in [1.29, 1.82) is 0 Å². The molecule has 0 aliphatic rings. The van der Waals surface area contributed by atoms with E-state index in [9.17, 15) is 4.79 Å². The van der Waals surface area contributed by atoms with Crippen molar-refractivity contribution in [3.05, 3.63) is 34.9 Å². The molecule has 3 heteroatoms. The zero-order chi connectivity index (χ0) is 14.5. The number of hydrogen-bond acceptors (Lipinski definition) is 2. The highest BCUT2D eigenvalue weighted by Crippen LogP contribution is 2.24. The molecule has 0 spiro atoms. The summed E-state index contributed by atoms with van der Waals surface area (Å²) in [5, 5.41) is 11.6. The molecular weight excluding hydrogens is 238 g/mol. The number of carbonyl (C=O) groups is 1. The summed E-state index contributed by atoms with van der Waals surface area (Å²) in [6, 6.07) is 6.42. The zero-order valence-corrected chi connectivity index (χ0v) is 12.4. The molecule has 0 saturated heterocycles. The van der Waals surface area contributed by atoms with E-state index in [4.69, 9.17) is 5.11 Å². The van der Waals surface area contributed by atoms with Gasteiger partial charge in [-0.15, -0.1) is 0 Å². The lowest BCUT2D eigenvalue weighted by Gasteiger charge is -2.21. The molecule has 0 heterocycles. The Kier molecular flexibility index (Phi) is 5.55. The Morgan fingerprint density at radius 3 is 2.58 bits per heavy atom. The summed E-state index contributed by atoms with van der Waals surface area (Å²) in [7, 11) is 0. The number of amides is 1. The molecule has 0 atom stereocenters. The number of aliphatic hydroxyl groups excluding tert-OH is 1. The van der Waals surface area contributed by atoms with Crippen LogP contribution < -0.4 is 5.32 Å². The number of nitrogens with one attached hydrogen (secondary N) is 1. The molecule has 1 rings (SSSR count). The number of aliphatic hydroxyl groups is 1. The molecule has 0 saturated carbocycles. The van der Waals surface area contributed by atoms with Gasteiger partial charge in [0, 0.05) is 19.6 Å². The standard InChI is InChI=1S/C16H25NO2/c1-12-7-8-14(16(2,3)4)10-13(12)11-17-15(19)6-5-9-18/h7-8,10,18H,5-6,9,11H2,1-4H3,(H,17,19). The third kappa shape index (κ3) is 5.03. The lowest BCUT2D eigenvalue weighted by atomic mass is 9.85. The topological polar surface area (TPSA) is 49.3 Å². The smallest absolute Gasteiger partial charge is 0.220 e. The molecule has 106 valence electrons. The van der Waals surface area contributed by atoms with Crippen LogP contribution in [-0.4, -0.2) is 17.6 Å². The van der Waals surface area contributed by atoms with E-state index in [2.05, 4.69) is 51.2 Å². The lowest BCUT2D eigenvalue weighted by Crippen LogP contribution is -2.23. The Morgan fingerprint density at radius 1 is 1.32 bits per heavy atom. The number of benzene rings is 1. The van der Waals surface area contributed by atoms with Crippen LogP contribution in [0.25, 0.3) is 0 Å². The average Bonchev–Trinajstić information content (AvgIpc) is 2.33. The second kappa shape index (κ2) is 6.71. The summed E-state index contributed by atoms with van der Waals surface area (Å²) >= 11 is 0. The number of hydrogen-bond donors (Lipinski definition) is 2.